The van der Waals surface area contributed by atoms with Crippen molar-refractivity contribution in [1.29, 1.82) is 0 Å². The van der Waals surface area contributed by atoms with Gasteiger partial charge in [0, 0.05) is 22.0 Å². The summed E-state index contributed by atoms with van der Waals surface area (Å²) in [5.41, 5.74) is 7.30. The van der Waals surface area contributed by atoms with Crippen molar-refractivity contribution in [2.24, 2.45) is 0 Å². The highest BCUT2D eigenvalue weighted by Gasteiger charge is 2.17. The van der Waals surface area contributed by atoms with Gasteiger partial charge in [0.1, 0.15) is 11.6 Å². The van der Waals surface area contributed by atoms with E-state index in [1.54, 1.807) is 19.1 Å². The zero-order chi connectivity index (χ0) is 14.2. The molecule has 100 valence electrons. The molecule has 0 aliphatic rings. The molecule has 6 heteroatoms. The van der Waals surface area contributed by atoms with Crippen molar-refractivity contribution in [3.05, 3.63) is 38.8 Å². The van der Waals surface area contributed by atoms with E-state index >= 15 is 0 Å². The predicted molar refractivity (Wildman–Crippen MR) is 78.7 cm³/mol. The highest BCUT2D eigenvalue weighted by molar-refractivity contribution is 9.10. The van der Waals surface area contributed by atoms with E-state index in [9.17, 15) is 4.39 Å². The Morgan fingerprint density at radius 2 is 2.05 bits per heavy atom. The summed E-state index contributed by atoms with van der Waals surface area (Å²) in [6.07, 6.45) is 0.628. The second-order valence-electron chi connectivity index (χ2n) is 4.08. The van der Waals surface area contributed by atoms with Crippen molar-refractivity contribution < 1.29 is 4.39 Å². The largest absolute Gasteiger partial charge is 0.383 e. The Labute approximate surface area is 124 Å². The third kappa shape index (κ3) is 2.58. The average Bonchev–Trinajstić information content (AvgIpc) is 2.40. The summed E-state index contributed by atoms with van der Waals surface area (Å²) in [5.74, 6) is 0.427. The van der Waals surface area contributed by atoms with E-state index in [1.165, 1.54) is 0 Å². The Bertz CT molecular complexity index is 646. The summed E-state index contributed by atoms with van der Waals surface area (Å²) in [5, 5.41) is 0.0344. The van der Waals surface area contributed by atoms with Crippen LogP contribution in [0, 0.1) is 12.7 Å². The molecule has 0 bridgehead atoms. The molecule has 2 aromatic rings. The summed E-state index contributed by atoms with van der Waals surface area (Å²) < 4.78 is 14.7. The summed E-state index contributed by atoms with van der Waals surface area (Å²) >= 11 is 9.09. The second-order valence-corrected chi connectivity index (χ2v) is 5.31. The molecular weight excluding hydrogens is 333 g/mol. The van der Waals surface area contributed by atoms with Gasteiger partial charge in [-0.15, -0.1) is 0 Å². The lowest BCUT2D eigenvalue weighted by molar-refractivity contribution is 0.630. The van der Waals surface area contributed by atoms with Gasteiger partial charge in [-0.2, -0.15) is 0 Å². The highest BCUT2D eigenvalue weighted by Crippen LogP contribution is 2.34. The van der Waals surface area contributed by atoms with E-state index in [1.807, 2.05) is 6.92 Å². The molecule has 2 rings (SSSR count). The zero-order valence-corrected chi connectivity index (χ0v) is 12.8. The summed E-state index contributed by atoms with van der Waals surface area (Å²) in [4.78, 5) is 8.50. The Hall–Kier alpha value is -1.20. The van der Waals surface area contributed by atoms with Crippen LogP contribution in [0.1, 0.15) is 18.3 Å². The molecule has 0 aliphatic heterocycles. The molecule has 1 aromatic heterocycles. The molecule has 0 saturated heterocycles. The molecule has 0 radical (unpaired) electrons. The molecule has 0 saturated carbocycles. The summed E-state index contributed by atoms with van der Waals surface area (Å²) in [6.45, 7) is 3.68. The molecule has 0 spiro atoms. The molecule has 3 nitrogen and oxygen atoms in total. The Morgan fingerprint density at radius 1 is 1.37 bits per heavy atom. The lowest BCUT2D eigenvalue weighted by Gasteiger charge is -2.11. The van der Waals surface area contributed by atoms with Gasteiger partial charge in [-0.1, -0.05) is 18.5 Å². The molecule has 2 N–H and O–H groups in total. The SMILES string of the molecule is CCc1nc(N)c(C)c(-c2ccc(Br)c(Cl)c2F)n1. The molecule has 1 aromatic carbocycles. The first-order valence-electron chi connectivity index (χ1n) is 5.72. The fourth-order valence-corrected chi connectivity index (χ4v) is 2.18. The smallest absolute Gasteiger partial charge is 0.152 e. The van der Waals surface area contributed by atoms with Gasteiger partial charge in [0.2, 0.25) is 0 Å². The number of nitrogen functional groups attached to an aromatic ring is 1. The van der Waals surface area contributed by atoms with E-state index < -0.39 is 5.82 Å². The van der Waals surface area contributed by atoms with Gasteiger partial charge in [-0.25, -0.2) is 14.4 Å². The minimum absolute atomic E-state index is 0.0344. The number of halogens is 3. The first-order chi connectivity index (χ1) is 8.95. The first-order valence-corrected chi connectivity index (χ1v) is 6.89. The van der Waals surface area contributed by atoms with Crippen LogP contribution in [0.25, 0.3) is 11.3 Å². The van der Waals surface area contributed by atoms with Crippen LogP contribution in [-0.4, -0.2) is 9.97 Å². The lowest BCUT2D eigenvalue weighted by Crippen LogP contribution is -2.05. The van der Waals surface area contributed by atoms with E-state index in [4.69, 9.17) is 17.3 Å². The first kappa shape index (κ1) is 14.2. The van der Waals surface area contributed by atoms with Crippen molar-refractivity contribution in [3.63, 3.8) is 0 Å². The fourth-order valence-electron chi connectivity index (χ4n) is 1.71. The molecule has 0 fully saturated rings. The molecule has 19 heavy (non-hydrogen) atoms. The minimum Gasteiger partial charge on any atom is -0.383 e. The van der Waals surface area contributed by atoms with Crippen molar-refractivity contribution in [2.45, 2.75) is 20.3 Å². The number of anilines is 1. The number of hydrogen-bond donors (Lipinski definition) is 1. The van der Waals surface area contributed by atoms with Gasteiger partial charge >= 0.3 is 0 Å². The average molecular weight is 345 g/mol. The normalized spacial score (nSPS) is 10.8. The third-order valence-corrected chi connectivity index (χ3v) is 4.09. The maximum atomic E-state index is 14.2. The Balaban J connectivity index is 2.72. The minimum atomic E-state index is -0.515. The van der Waals surface area contributed by atoms with E-state index in [2.05, 4.69) is 25.9 Å². The van der Waals surface area contributed by atoms with Crippen LogP contribution in [0.3, 0.4) is 0 Å². The number of nitrogens with two attached hydrogens (primary N) is 1. The fraction of sp³-hybridized carbons (Fsp3) is 0.231. The number of nitrogens with zero attached hydrogens (tertiary/aromatic N) is 2. The maximum Gasteiger partial charge on any atom is 0.152 e. The van der Waals surface area contributed by atoms with Crippen LogP contribution in [-0.2, 0) is 6.42 Å². The lowest BCUT2D eigenvalue weighted by atomic mass is 10.1. The summed E-state index contributed by atoms with van der Waals surface area (Å²) in [6, 6.07) is 3.31. The third-order valence-electron chi connectivity index (χ3n) is 2.84. The Morgan fingerprint density at radius 3 is 2.68 bits per heavy atom. The van der Waals surface area contributed by atoms with Gasteiger partial charge in [-0.05, 0) is 35.0 Å². The van der Waals surface area contributed by atoms with E-state index in [0.29, 0.717) is 39.4 Å². The van der Waals surface area contributed by atoms with Gasteiger partial charge < -0.3 is 5.73 Å². The van der Waals surface area contributed by atoms with Crippen LogP contribution in [0.5, 0.6) is 0 Å². The van der Waals surface area contributed by atoms with Crippen LogP contribution < -0.4 is 5.73 Å². The second kappa shape index (κ2) is 5.43. The van der Waals surface area contributed by atoms with Crippen LogP contribution in [0.4, 0.5) is 10.2 Å². The molecule has 0 atom stereocenters. The molecule has 1 heterocycles. The summed E-state index contributed by atoms with van der Waals surface area (Å²) in [7, 11) is 0. The predicted octanol–water partition coefficient (Wildman–Crippen LogP) is 4.15. The molecule has 0 unspecified atom stereocenters. The van der Waals surface area contributed by atoms with Crippen molar-refractivity contribution in [3.8, 4) is 11.3 Å². The zero-order valence-electron chi connectivity index (χ0n) is 10.5. The number of aromatic nitrogens is 2. The van der Waals surface area contributed by atoms with Crippen LogP contribution in [0.15, 0.2) is 16.6 Å². The molecule has 0 amide bonds. The topological polar surface area (TPSA) is 51.8 Å². The number of hydrogen-bond acceptors (Lipinski definition) is 3. The Kier molecular flexibility index (Phi) is 4.06. The van der Waals surface area contributed by atoms with Crippen molar-refractivity contribution in [2.75, 3.05) is 5.73 Å². The van der Waals surface area contributed by atoms with Crippen LogP contribution >= 0.6 is 27.5 Å². The van der Waals surface area contributed by atoms with Gasteiger partial charge in [0.25, 0.3) is 0 Å². The number of rotatable bonds is 2. The number of benzene rings is 1. The maximum absolute atomic E-state index is 14.2. The van der Waals surface area contributed by atoms with Crippen LogP contribution in [0.2, 0.25) is 5.02 Å². The quantitative estimate of drug-likeness (QED) is 0.833. The van der Waals surface area contributed by atoms with Gasteiger partial charge in [0.15, 0.2) is 5.82 Å². The van der Waals surface area contributed by atoms with E-state index in [-0.39, 0.29) is 5.02 Å². The van der Waals surface area contributed by atoms with Gasteiger partial charge in [0.05, 0.1) is 10.7 Å². The molecular formula is C13H12BrClFN3. The highest BCUT2D eigenvalue weighted by atomic mass is 79.9. The van der Waals surface area contributed by atoms with E-state index in [0.717, 1.165) is 0 Å². The van der Waals surface area contributed by atoms with Crippen molar-refractivity contribution >= 4 is 33.3 Å². The van der Waals surface area contributed by atoms with Crippen molar-refractivity contribution in [1.82, 2.24) is 9.97 Å². The number of aryl methyl sites for hydroxylation is 1. The monoisotopic (exact) mass is 343 g/mol. The standard InChI is InChI=1S/C13H12BrClFN3/c1-3-9-18-12(6(2)13(17)19-9)7-4-5-8(14)10(15)11(7)16/h4-5H,3H2,1-2H3,(H2,17,18,19). The van der Waals surface area contributed by atoms with Gasteiger partial charge in [-0.3, -0.25) is 0 Å². The molecule has 0 aliphatic carbocycles.